The van der Waals surface area contributed by atoms with E-state index in [1.54, 1.807) is 0 Å². The third-order valence-electron chi connectivity index (χ3n) is 4.57. The summed E-state index contributed by atoms with van der Waals surface area (Å²) in [7, 11) is 0. The second-order valence-electron chi connectivity index (χ2n) is 6.33. The van der Waals surface area contributed by atoms with Crippen LogP contribution in [0.15, 0.2) is 76.6 Å². The van der Waals surface area contributed by atoms with Crippen molar-refractivity contribution in [3.05, 3.63) is 87.7 Å². The topological polar surface area (TPSA) is 62.1 Å². The number of amides is 1. The highest BCUT2D eigenvalue weighted by molar-refractivity contribution is 9.10. The Morgan fingerprint density at radius 2 is 1.85 bits per heavy atom. The number of ether oxygens (including phenoxy) is 1. The van der Waals surface area contributed by atoms with E-state index in [0.29, 0.717) is 11.3 Å². The van der Waals surface area contributed by atoms with Crippen molar-refractivity contribution in [2.24, 2.45) is 0 Å². The van der Waals surface area contributed by atoms with Crippen molar-refractivity contribution in [1.29, 1.82) is 5.26 Å². The van der Waals surface area contributed by atoms with Crippen LogP contribution < -0.4 is 10.1 Å². The SMILES string of the molecule is CC(=O)NC1=C(C#N)[C@@H](c2ccc(Br)cc2)c2ccc3ccccc3c2O1. The highest BCUT2D eigenvalue weighted by atomic mass is 79.9. The van der Waals surface area contributed by atoms with E-state index in [1.807, 2.05) is 60.7 Å². The molecule has 1 N–H and O–H groups in total. The quantitative estimate of drug-likeness (QED) is 0.636. The van der Waals surface area contributed by atoms with Gasteiger partial charge in [-0.1, -0.05) is 64.5 Å². The molecule has 3 aromatic carbocycles. The lowest BCUT2D eigenvalue weighted by molar-refractivity contribution is -0.118. The molecule has 4 rings (SSSR count). The molecule has 0 unspecified atom stereocenters. The molecule has 0 aliphatic carbocycles. The van der Waals surface area contributed by atoms with E-state index in [4.69, 9.17) is 4.74 Å². The van der Waals surface area contributed by atoms with Gasteiger partial charge in [0.1, 0.15) is 17.4 Å². The third kappa shape index (κ3) is 3.09. The van der Waals surface area contributed by atoms with Crippen LogP contribution >= 0.6 is 15.9 Å². The Labute approximate surface area is 165 Å². The van der Waals surface area contributed by atoms with Crippen LogP contribution in [0.1, 0.15) is 24.0 Å². The molecule has 132 valence electrons. The molecule has 5 heteroatoms. The summed E-state index contributed by atoms with van der Waals surface area (Å²) < 4.78 is 7.01. The Morgan fingerprint density at radius 1 is 1.11 bits per heavy atom. The highest BCUT2D eigenvalue weighted by Crippen LogP contribution is 2.45. The van der Waals surface area contributed by atoms with Gasteiger partial charge in [0.2, 0.25) is 11.8 Å². The normalized spacial score (nSPS) is 15.7. The molecule has 1 heterocycles. The maximum atomic E-state index is 11.7. The minimum Gasteiger partial charge on any atom is -0.439 e. The van der Waals surface area contributed by atoms with E-state index in [-0.39, 0.29) is 17.7 Å². The fourth-order valence-corrected chi connectivity index (χ4v) is 3.68. The van der Waals surface area contributed by atoms with Crippen molar-refractivity contribution >= 4 is 32.6 Å². The number of nitrogens with one attached hydrogen (secondary N) is 1. The smallest absolute Gasteiger partial charge is 0.223 e. The van der Waals surface area contributed by atoms with Crippen molar-refractivity contribution < 1.29 is 9.53 Å². The largest absolute Gasteiger partial charge is 0.439 e. The summed E-state index contributed by atoms with van der Waals surface area (Å²) in [6.07, 6.45) is 0. The van der Waals surface area contributed by atoms with Gasteiger partial charge >= 0.3 is 0 Å². The second-order valence-corrected chi connectivity index (χ2v) is 7.24. The van der Waals surface area contributed by atoms with Crippen molar-refractivity contribution in [3.63, 3.8) is 0 Å². The first kappa shape index (κ1) is 17.3. The molecule has 1 aliphatic rings. The molecule has 0 aromatic heterocycles. The molecule has 0 saturated carbocycles. The summed E-state index contributed by atoms with van der Waals surface area (Å²) in [5.41, 5.74) is 2.24. The molecule has 27 heavy (non-hydrogen) atoms. The van der Waals surface area contributed by atoms with Crippen LogP contribution in [0.5, 0.6) is 5.75 Å². The number of nitriles is 1. The lowest BCUT2D eigenvalue weighted by Gasteiger charge is -2.29. The number of halogens is 1. The van der Waals surface area contributed by atoms with Gasteiger partial charge in [-0.3, -0.25) is 10.1 Å². The lowest BCUT2D eigenvalue weighted by Crippen LogP contribution is -2.29. The number of rotatable bonds is 2. The summed E-state index contributed by atoms with van der Waals surface area (Å²) in [6, 6.07) is 22.0. The average molecular weight is 419 g/mol. The van der Waals surface area contributed by atoms with E-state index >= 15 is 0 Å². The van der Waals surface area contributed by atoms with E-state index in [9.17, 15) is 10.1 Å². The molecule has 0 spiro atoms. The van der Waals surface area contributed by atoms with Gasteiger partial charge in [-0.15, -0.1) is 0 Å². The van der Waals surface area contributed by atoms with Crippen molar-refractivity contribution in [1.82, 2.24) is 5.32 Å². The summed E-state index contributed by atoms with van der Waals surface area (Å²) in [5, 5.41) is 14.5. The fourth-order valence-electron chi connectivity index (χ4n) is 3.41. The van der Waals surface area contributed by atoms with Crippen molar-refractivity contribution in [2.45, 2.75) is 12.8 Å². The molecule has 0 saturated heterocycles. The second kappa shape index (κ2) is 6.90. The Morgan fingerprint density at radius 3 is 2.56 bits per heavy atom. The first-order valence-corrected chi connectivity index (χ1v) is 9.24. The van der Waals surface area contributed by atoms with Gasteiger partial charge in [0.25, 0.3) is 0 Å². The first-order valence-electron chi connectivity index (χ1n) is 8.45. The summed E-state index contributed by atoms with van der Waals surface area (Å²) in [5.74, 6) is 0.264. The molecular weight excluding hydrogens is 404 g/mol. The molecular formula is C22H15BrN2O2. The van der Waals surface area contributed by atoms with Crippen LogP contribution in [0.3, 0.4) is 0 Å². The Balaban J connectivity index is 2.00. The van der Waals surface area contributed by atoms with Gasteiger partial charge in [-0.2, -0.15) is 5.26 Å². The fraction of sp³-hybridized carbons (Fsp3) is 0.0909. The predicted molar refractivity (Wildman–Crippen MR) is 107 cm³/mol. The number of hydrogen-bond donors (Lipinski definition) is 1. The maximum absolute atomic E-state index is 11.7. The zero-order valence-electron chi connectivity index (χ0n) is 14.5. The van der Waals surface area contributed by atoms with E-state index < -0.39 is 0 Å². The number of hydrogen-bond acceptors (Lipinski definition) is 3. The monoisotopic (exact) mass is 418 g/mol. The van der Waals surface area contributed by atoms with Crippen LogP contribution in [-0.2, 0) is 4.79 Å². The molecule has 1 atom stereocenters. The maximum Gasteiger partial charge on any atom is 0.223 e. The summed E-state index contributed by atoms with van der Waals surface area (Å²) >= 11 is 3.45. The van der Waals surface area contributed by atoms with Crippen LogP contribution in [-0.4, -0.2) is 5.91 Å². The molecule has 0 radical (unpaired) electrons. The molecule has 1 aliphatic heterocycles. The standard InChI is InChI=1S/C22H15BrN2O2/c1-13(26)25-22-19(12-24)20(15-6-9-16(23)10-7-15)18-11-8-14-4-2-3-5-17(14)21(18)27-22/h2-11,20H,1H3,(H,25,26)/t20-/m0/s1. The van der Waals surface area contributed by atoms with Crippen LogP contribution in [0.2, 0.25) is 0 Å². The number of fused-ring (bicyclic) bond motifs is 3. The number of benzene rings is 3. The number of allylic oxidation sites excluding steroid dienone is 1. The number of nitrogens with zero attached hydrogens (tertiary/aromatic N) is 1. The van der Waals surface area contributed by atoms with Gasteiger partial charge in [0, 0.05) is 22.3 Å². The zero-order valence-corrected chi connectivity index (χ0v) is 16.1. The summed E-state index contributed by atoms with van der Waals surface area (Å²) in [6.45, 7) is 1.40. The lowest BCUT2D eigenvalue weighted by atomic mass is 9.82. The zero-order chi connectivity index (χ0) is 19.0. The van der Waals surface area contributed by atoms with Crippen LogP contribution in [0.4, 0.5) is 0 Å². The first-order chi connectivity index (χ1) is 13.1. The minimum atomic E-state index is -0.321. The van der Waals surface area contributed by atoms with Crippen LogP contribution in [0, 0.1) is 11.3 Å². The number of carbonyl (C=O) groups excluding carboxylic acids is 1. The third-order valence-corrected chi connectivity index (χ3v) is 5.10. The summed E-state index contributed by atoms with van der Waals surface area (Å²) in [4.78, 5) is 11.7. The van der Waals surface area contributed by atoms with Gasteiger partial charge in [0.05, 0.1) is 5.92 Å². The van der Waals surface area contributed by atoms with E-state index in [1.165, 1.54) is 6.92 Å². The Kier molecular flexibility index (Phi) is 4.43. The molecule has 1 amide bonds. The highest BCUT2D eigenvalue weighted by Gasteiger charge is 2.33. The molecule has 3 aromatic rings. The van der Waals surface area contributed by atoms with Gasteiger partial charge in [-0.05, 0) is 23.1 Å². The van der Waals surface area contributed by atoms with E-state index in [2.05, 4.69) is 27.3 Å². The van der Waals surface area contributed by atoms with E-state index in [0.717, 1.165) is 26.4 Å². The van der Waals surface area contributed by atoms with Gasteiger partial charge in [0.15, 0.2) is 0 Å². The average Bonchev–Trinajstić information content (AvgIpc) is 2.67. The molecule has 0 fully saturated rings. The molecule has 4 nitrogen and oxygen atoms in total. The minimum absolute atomic E-state index is 0.196. The Hall–Kier alpha value is -3.10. The van der Waals surface area contributed by atoms with Crippen molar-refractivity contribution in [3.8, 4) is 11.8 Å². The molecule has 0 bridgehead atoms. The van der Waals surface area contributed by atoms with Gasteiger partial charge in [-0.25, -0.2) is 0 Å². The van der Waals surface area contributed by atoms with Crippen molar-refractivity contribution in [2.75, 3.05) is 0 Å². The number of carbonyl (C=O) groups is 1. The Bertz CT molecular complexity index is 1130. The predicted octanol–water partition coefficient (Wildman–Crippen LogP) is 5.00. The van der Waals surface area contributed by atoms with Crippen LogP contribution in [0.25, 0.3) is 10.8 Å². The van der Waals surface area contributed by atoms with Gasteiger partial charge < -0.3 is 4.74 Å².